The van der Waals surface area contributed by atoms with Gasteiger partial charge in [0.05, 0.1) is 0 Å². The van der Waals surface area contributed by atoms with Crippen LogP contribution in [0.5, 0.6) is 0 Å². The van der Waals surface area contributed by atoms with E-state index in [1.165, 1.54) is 12.1 Å². The Kier molecular flexibility index (Phi) is 3.80. The van der Waals surface area contributed by atoms with E-state index in [0.717, 1.165) is 5.56 Å². The molecule has 0 radical (unpaired) electrons. The predicted octanol–water partition coefficient (Wildman–Crippen LogP) is 3.28. The van der Waals surface area contributed by atoms with Crippen molar-refractivity contribution in [3.05, 3.63) is 35.4 Å². The van der Waals surface area contributed by atoms with E-state index in [1.54, 1.807) is 26.0 Å². The minimum Gasteiger partial charge on any atom is -0.326 e. The van der Waals surface area contributed by atoms with Gasteiger partial charge in [0.25, 0.3) is 5.92 Å². The van der Waals surface area contributed by atoms with Crippen molar-refractivity contribution in [3.63, 3.8) is 0 Å². The molecule has 1 aromatic carbocycles. The smallest absolute Gasteiger partial charge is 0.273 e. The first-order chi connectivity index (χ1) is 6.95. The fraction of sp³-hybridized carbons (Fsp3) is 0.500. The van der Waals surface area contributed by atoms with Crippen LogP contribution in [0.4, 0.5) is 8.78 Å². The molecule has 2 N–H and O–H groups in total. The van der Waals surface area contributed by atoms with Gasteiger partial charge in [0.15, 0.2) is 0 Å². The predicted molar refractivity (Wildman–Crippen MR) is 57.7 cm³/mol. The molecule has 0 aliphatic heterocycles. The number of alkyl halides is 2. The van der Waals surface area contributed by atoms with E-state index >= 15 is 0 Å². The second kappa shape index (κ2) is 4.71. The quantitative estimate of drug-likeness (QED) is 0.816. The maximum Gasteiger partial charge on any atom is 0.273 e. The highest BCUT2D eigenvalue weighted by Gasteiger charge is 2.31. The Morgan fingerprint density at radius 3 is 2.13 bits per heavy atom. The summed E-state index contributed by atoms with van der Waals surface area (Å²) < 4.78 is 27.2. The zero-order chi connectivity index (χ0) is 11.5. The molecule has 0 aromatic heterocycles. The van der Waals surface area contributed by atoms with Crippen LogP contribution in [0, 0.1) is 5.92 Å². The molecule has 0 unspecified atom stereocenters. The van der Waals surface area contributed by atoms with Crippen molar-refractivity contribution in [2.45, 2.75) is 32.7 Å². The highest BCUT2D eigenvalue weighted by molar-refractivity contribution is 5.25. The number of halogens is 2. The van der Waals surface area contributed by atoms with Crippen LogP contribution in [0.15, 0.2) is 24.3 Å². The van der Waals surface area contributed by atoms with Crippen LogP contribution in [0.2, 0.25) is 0 Å². The van der Waals surface area contributed by atoms with Crippen molar-refractivity contribution in [1.29, 1.82) is 0 Å². The second-order valence-corrected chi connectivity index (χ2v) is 4.20. The highest BCUT2D eigenvalue weighted by Crippen LogP contribution is 2.34. The Bertz CT molecular complexity index is 304. The monoisotopic (exact) mass is 213 g/mol. The minimum absolute atomic E-state index is 0.0193. The molecule has 3 heteroatoms. The van der Waals surface area contributed by atoms with Crippen LogP contribution in [0.1, 0.15) is 31.4 Å². The Morgan fingerprint density at radius 2 is 1.73 bits per heavy atom. The molecular formula is C12H17F2N. The average molecular weight is 213 g/mol. The molecule has 0 spiro atoms. The Hall–Kier alpha value is -0.960. The molecule has 15 heavy (non-hydrogen) atoms. The molecule has 0 amide bonds. The van der Waals surface area contributed by atoms with Crippen molar-refractivity contribution in [3.8, 4) is 0 Å². The Labute approximate surface area is 89.3 Å². The summed E-state index contributed by atoms with van der Waals surface area (Å²) >= 11 is 0. The first kappa shape index (κ1) is 12.1. The van der Waals surface area contributed by atoms with Crippen molar-refractivity contribution >= 4 is 0 Å². The maximum atomic E-state index is 13.6. The molecule has 1 rings (SSSR count). The normalized spacial score (nSPS) is 12.1. The highest BCUT2D eigenvalue weighted by atomic mass is 19.3. The summed E-state index contributed by atoms with van der Waals surface area (Å²) in [7, 11) is 0. The summed E-state index contributed by atoms with van der Waals surface area (Å²) in [6.07, 6.45) is -0.116. The third-order valence-corrected chi connectivity index (χ3v) is 2.28. The zero-order valence-corrected chi connectivity index (χ0v) is 9.13. The van der Waals surface area contributed by atoms with Gasteiger partial charge in [-0.3, -0.25) is 0 Å². The standard InChI is InChI=1S/C12H17F2N/c1-9(2)7-12(13,14)11-5-3-10(8-15)4-6-11/h3-6,9H,7-8,15H2,1-2H3. The number of rotatable bonds is 4. The summed E-state index contributed by atoms with van der Waals surface area (Å²) in [5.41, 5.74) is 6.35. The molecule has 84 valence electrons. The molecule has 1 aromatic rings. The van der Waals surface area contributed by atoms with Gasteiger partial charge in [0.2, 0.25) is 0 Å². The fourth-order valence-corrected chi connectivity index (χ4v) is 1.52. The van der Waals surface area contributed by atoms with Crippen molar-refractivity contribution < 1.29 is 8.78 Å². The molecule has 0 fully saturated rings. The van der Waals surface area contributed by atoms with Crippen LogP contribution >= 0.6 is 0 Å². The number of benzene rings is 1. The van der Waals surface area contributed by atoms with Crippen molar-refractivity contribution in [2.75, 3.05) is 0 Å². The van der Waals surface area contributed by atoms with E-state index in [9.17, 15) is 8.78 Å². The average Bonchev–Trinajstić information content (AvgIpc) is 2.16. The maximum absolute atomic E-state index is 13.6. The summed E-state index contributed by atoms with van der Waals surface area (Å²) in [5.74, 6) is -2.75. The van der Waals surface area contributed by atoms with E-state index in [4.69, 9.17) is 5.73 Å². The van der Waals surface area contributed by atoms with Crippen molar-refractivity contribution in [1.82, 2.24) is 0 Å². The summed E-state index contributed by atoms with van der Waals surface area (Å²) in [5, 5.41) is 0. The van der Waals surface area contributed by atoms with Gasteiger partial charge in [-0.1, -0.05) is 38.1 Å². The third-order valence-electron chi connectivity index (χ3n) is 2.28. The van der Waals surface area contributed by atoms with E-state index in [0.29, 0.717) is 6.54 Å². The molecule has 0 bridgehead atoms. The molecule has 0 saturated heterocycles. The lowest BCUT2D eigenvalue weighted by Gasteiger charge is -2.19. The van der Waals surface area contributed by atoms with Gasteiger partial charge in [0, 0.05) is 18.5 Å². The summed E-state index contributed by atoms with van der Waals surface area (Å²) in [6, 6.07) is 6.24. The fourth-order valence-electron chi connectivity index (χ4n) is 1.52. The first-order valence-corrected chi connectivity index (χ1v) is 5.13. The summed E-state index contributed by atoms with van der Waals surface area (Å²) in [4.78, 5) is 0. The van der Waals surface area contributed by atoms with Gasteiger partial charge < -0.3 is 5.73 Å². The van der Waals surface area contributed by atoms with Crippen LogP contribution in [0.3, 0.4) is 0 Å². The first-order valence-electron chi connectivity index (χ1n) is 5.13. The van der Waals surface area contributed by atoms with Gasteiger partial charge in [-0.25, -0.2) is 8.78 Å². The lowest BCUT2D eigenvalue weighted by Crippen LogP contribution is -2.16. The molecule has 0 aliphatic carbocycles. The molecular weight excluding hydrogens is 196 g/mol. The van der Waals surface area contributed by atoms with Gasteiger partial charge in [-0.05, 0) is 11.5 Å². The molecule has 1 nitrogen and oxygen atoms in total. The summed E-state index contributed by atoms with van der Waals surface area (Å²) in [6.45, 7) is 3.97. The van der Waals surface area contributed by atoms with E-state index in [-0.39, 0.29) is 17.9 Å². The lowest BCUT2D eigenvalue weighted by molar-refractivity contribution is -0.0249. The van der Waals surface area contributed by atoms with E-state index in [1.807, 2.05) is 0 Å². The Balaban J connectivity index is 2.85. The third kappa shape index (κ3) is 3.27. The van der Waals surface area contributed by atoms with Gasteiger partial charge in [-0.15, -0.1) is 0 Å². The van der Waals surface area contributed by atoms with Crippen LogP contribution in [-0.2, 0) is 12.5 Å². The molecule has 0 heterocycles. The van der Waals surface area contributed by atoms with Crippen LogP contribution in [-0.4, -0.2) is 0 Å². The number of hydrogen-bond acceptors (Lipinski definition) is 1. The molecule has 0 atom stereocenters. The Morgan fingerprint density at radius 1 is 1.20 bits per heavy atom. The number of hydrogen-bond donors (Lipinski definition) is 1. The van der Waals surface area contributed by atoms with E-state index in [2.05, 4.69) is 0 Å². The largest absolute Gasteiger partial charge is 0.326 e. The topological polar surface area (TPSA) is 26.0 Å². The van der Waals surface area contributed by atoms with Gasteiger partial charge in [0.1, 0.15) is 0 Å². The second-order valence-electron chi connectivity index (χ2n) is 4.20. The van der Waals surface area contributed by atoms with Crippen molar-refractivity contribution in [2.24, 2.45) is 11.7 Å². The zero-order valence-electron chi connectivity index (χ0n) is 9.13. The van der Waals surface area contributed by atoms with Crippen LogP contribution < -0.4 is 5.73 Å². The van der Waals surface area contributed by atoms with E-state index < -0.39 is 5.92 Å². The molecule has 0 aliphatic rings. The minimum atomic E-state index is -2.73. The molecule has 0 saturated carbocycles. The lowest BCUT2D eigenvalue weighted by atomic mass is 9.98. The van der Waals surface area contributed by atoms with Gasteiger partial charge in [-0.2, -0.15) is 0 Å². The van der Waals surface area contributed by atoms with Gasteiger partial charge >= 0.3 is 0 Å². The van der Waals surface area contributed by atoms with Crippen LogP contribution in [0.25, 0.3) is 0 Å². The SMILES string of the molecule is CC(C)CC(F)(F)c1ccc(CN)cc1. The number of nitrogens with two attached hydrogens (primary N) is 1.